The maximum atomic E-state index is 3.76. The minimum Gasteiger partial charge on any atom is -0.314 e. The van der Waals surface area contributed by atoms with Crippen molar-refractivity contribution in [3.63, 3.8) is 0 Å². The molecule has 13 heavy (non-hydrogen) atoms. The molecule has 2 aliphatic carbocycles. The van der Waals surface area contributed by atoms with Gasteiger partial charge in [-0.25, -0.2) is 0 Å². The molecule has 0 bridgehead atoms. The third kappa shape index (κ3) is 2.98. The quantitative estimate of drug-likeness (QED) is 0.660. The molecule has 2 saturated carbocycles. The monoisotopic (exact) mass is 181 g/mol. The Morgan fingerprint density at radius 2 is 1.46 bits per heavy atom. The van der Waals surface area contributed by atoms with E-state index < -0.39 is 0 Å². The summed E-state index contributed by atoms with van der Waals surface area (Å²) in [5.41, 5.74) is 0. The standard InChI is InChI=1S/C12H23N/c1-2-4-9-12(8-3-1)13-10-11-6-5-7-11/h11-13H,1-10H2. The summed E-state index contributed by atoms with van der Waals surface area (Å²) >= 11 is 0. The lowest BCUT2D eigenvalue weighted by Gasteiger charge is -2.28. The highest BCUT2D eigenvalue weighted by molar-refractivity contribution is 4.76. The highest BCUT2D eigenvalue weighted by Gasteiger charge is 2.19. The summed E-state index contributed by atoms with van der Waals surface area (Å²) < 4.78 is 0. The lowest BCUT2D eigenvalue weighted by atomic mass is 9.85. The van der Waals surface area contributed by atoms with Gasteiger partial charge in [-0.3, -0.25) is 0 Å². The fourth-order valence-corrected chi connectivity index (χ4v) is 2.51. The van der Waals surface area contributed by atoms with Gasteiger partial charge in [0.25, 0.3) is 0 Å². The molecule has 2 aliphatic rings. The molecule has 0 unspecified atom stereocenters. The molecular formula is C12H23N. The zero-order valence-corrected chi connectivity index (χ0v) is 8.73. The van der Waals surface area contributed by atoms with Crippen molar-refractivity contribution < 1.29 is 0 Å². The van der Waals surface area contributed by atoms with Crippen LogP contribution in [0.3, 0.4) is 0 Å². The molecule has 0 aliphatic heterocycles. The van der Waals surface area contributed by atoms with E-state index in [-0.39, 0.29) is 0 Å². The molecule has 1 heteroatoms. The van der Waals surface area contributed by atoms with Gasteiger partial charge in [-0.15, -0.1) is 0 Å². The van der Waals surface area contributed by atoms with Crippen molar-refractivity contribution in [1.29, 1.82) is 0 Å². The van der Waals surface area contributed by atoms with Crippen LogP contribution in [-0.2, 0) is 0 Å². The summed E-state index contributed by atoms with van der Waals surface area (Å²) in [5, 5.41) is 3.76. The number of rotatable bonds is 3. The molecule has 2 rings (SSSR count). The predicted molar refractivity (Wildman–Crippen MR) is 56.8 cm³/mol. The average Bonchev–Trinajstić information content (AvgIpc) is 2.30. The Labute approximate surface area is 82.3 Å². The Morgan fingerprint density at radius 3 is 2.00 bits per heavy atom. The molecule has 0 radical (unpaired) electrons. The second kappa shape index (κ2) is 4.99. The summed E-state index contributed by atoms with van der Waals surface area (Å²) in [4.78, 5) is 0. The van der Waals surface area contributed by atoms with Crippen molar-refractivity contribution in [2.75, 3.05) is 6.54 Å². The molecule has 0 aromatic heterocycles. The Hall–Kier alpha value is -0.0400. The summed E-state index contributed by atoms with van der Waals surface area (Å²) in [6.07, 6.45) is 13.2. The van der Waals surface area contributed by atoms with Gasteiger partial charge in [-0.2, -0.15) is 0 Å². The van der Waals surface area contributed by atoms with Gasteiger partial charge in [0, 0.05) is 6.04 Å². The molecule has 0 aromatic carbocycles. The van der Waals surface area contributed by atoms with Gasteiger partial charge in [0.1, 0.15) is 0 Å². The minimum atomic E-state index is 0.864. The van der Waals surface area contributed by atoms with Crippen LogP contribution >= 0.6 is 0 Å². The number of hydrogen-bond acceptors (Lipinski definition) is 1. The van der Waals surface area contributed by atoms with Crippen LogP contribution in [0, 0.1) is 5.92 Å². The Morgan fingerprint density at radius 1 is 0.769 bits per heavy atom. The molecule has 2 fully saturated rings. The number of hydrogen-bond donors (Lipinski definition) is 1. The lowest BCUT2D eigenvalue weighted by Crippen LogP contribution is -2.35. The zero-order valence-electron chi connectivity index (χ0n) is 8.73. The normalized spacial score (nSPS) is 26.8. The first-order valence-corrected chi connectivity index (χ1v) is 6.18. The second-order valence-corrected chi connectivity index (χ2v) is 4.89. The molecule has 1 nitrogen and oxygen atoms in total. The summed E-state index contributed by atoms with van der Waals surface area (Å²) in [7, 11) is 0. The van der Waals surface area contributed by atoms with Gasteiger partial charge >= 0.3 is 0 Å². The Kier molecular flexibility index (Phi) is 3.65. The third-order valence-corrected chi connectivity index (χ3v) is 3.78. The zero-order chi connectivity index (χ0) is 8.93. The molecule has 0 heterocycles. The maximum Gasteiger partial charge on any atom is 0.00671 e. The van der Waals surface area contributed by atoms with Gasteiger partial charge in [0.2, 0.25) is 0 Å². The molecule has 0 atom stereocenters. The Balaban J connectivity index is 1.61. The van der Waals surface area contributed by atoms with Crippen LogP contribution in [-0.4, -0.2) is 12.6 Å². The smallest absolute Gasteiger partial charge is 0.00671 e. The fourth-order valence-electron chi connectivity index (χ4n) is 2.51. The van der Waals surface area contributed by atoms with Crippen molar-refractivity contribution in [2.24, 2.45) is 5.92 Å². The Bertz CT molecular complexity index is 132. The summed E-state index contributed by atoms with van der Waals surface area (Å²) in [5.74, 6) is 1.03. The van der Waals surface area contributed by atoms with E-state index in [4.69, 9.17) is 0 Å². The van der Waals surface area contributed by atoms with E-state index in [0.717, 1.165) is 12.0 Å². The first-order chi connectivity index (χ1) is 6.45. The number of nitrogens with one attached hydrogen (secondary N) is 1. The maximum absolute atomic E-state index is 3.76. The fraction of sp³-hybridized carbons (Fsp3) is 1.00. The van der Waals surface area contributed by atoms with E-state index in [1.54, 1.807) is 0 Å². The van der Waals surface area contributed by atoms with Crippen LogP contribution in [0.4, 0.5) is 0 Å². The highest BCUT2D eigenvalue weighted by Crippen LogP contribution is 2.26. The molecule has 0 amide bonds. The van der Waals surface area contributed by atoms with Crippen LogP contribution in [0.2, 0.25) is 0 Å². The van der Waals surface area contributed by atoms with Gasteiger partial charge in [-0.1, -0.05) is 32.1 Å². The SMILES string of the molecule is C1CCCC(NCC2CCC2)CC1. The molecule has 1 N–H and O–H groups in total. The van der Waals surface area contributed by atoms with E-state index in [0.29, 0.717) is 0 Å². The van der Waals surface area contributed by atoms with Crippen molar-refractivity contribution >= 4 is 0 Å². The minimum absolute atomic E-state index is 0.864. The van der Waals surface area contributed by atoms with Gasteiger partial charge < -0.3 is 5.32 Å². The van der Waals surface area contributed by atoms with Crippen molar-refractivity contribution in [3.8, 4) is 0 Å². The van der Waals surface area contributed by atoms with Crippen LogP contribution in [0.5, 0.6) is 0 Å². The molecule has 0 spiro atoms. The highest BCUT2D eigenvalue weighted by atomic mass is 14.9. The van der Waals surface area contributed by atoms with Gasteiger partial charge in [0.05, 0.1) is 0 Å². The van der Waals surface area contributed by atoms with Crippen LogP contribution in [0.1, 0.15) is 57.8 Å². The van der Waals surface area contributed by atoms with E-state index >= 15 is 0 Å². The molecule has 0 aromatic rings. The van der Waals surface area contributed by atoms with E-state index in [9.17, 15) is 0 Å². The first-order valence-electron chi connectivity index (χ1n) is 6.18. The van der Waals surface area contributed by atoms with E-state index in [1.807, 2.05) is 0 Å². The predicted octanol–water partition coefficient (Wildman–Crippen LogP) is 3.10. The van der Waals surface area contributed by atoms with E-state index in [2.05, 4.69) is 5.32 Å². The first kappa shape index (κ1) is 9.51. The van der Waals surface area contributed by atoms with Crippen molar-refractivity contribution in [1.82, 2.24) is 5.32 Å². The topological polar surface area (TPSA) is 12.0 Å². The second-order valence-electron chi connectivity index (χ2n) is 4.89. The van der Waals surface area contributed by atoms with Gasteiger partial charge in [-0.05, 0) is 38.1 Å². The third-order valence-electron chi connectivity index (χ3n) is 3.78. The van der Waals surface area contributed by atoms with Crippen molar-refractivity contribution in [2.45, 2.75) is 63.8 Å². The van der Waals surface area contributed by atoms with Gasteiger partial charge in [0.15, 0.2) is 0 Å². The largest absolute Gasteiger partial charge is 0.314 e. The lowest BCUT2D eigenvalue weighted by molar-refractivity contribution is 0.283. The summed E-state index contributed by atoms with van der Waals surface area (Å²) in [6, 6.07) is 0.864. The molecular weight excluding hydrogens is 158 g/mol. The van der Waals surface area contributed by atoms with Crippen molar-refractivity contribution in [3.05, 3.63) is 0 Å². The van der Waals surface area contributed by atoms with E-state index in [1.165, 1.54) is 64.3 Å². The summed E-state index contributed by atoms with van der Waals surface area (Å²) in [6.45, 7) is 1.31. The van der Waals surface area contributed by atoms with Crippen LogP contribution in [0.15, 0.2) is 0 Å². The van der Waals surface area contributed by atoms with Crippen LogP contribution < -0.4 is 5.32 Å². The van der Waals surface area contributed by atoms with Crippen LogP contribution in [0.25, 0.3) is 0 Å². The average molecular weight is 181 g/mol. The molecule has 0 saturated heterocycles. The molecule has 76 valence electrons.